The summed E-state index contributed by atoms with van der Waals surface area (Å²) in [6.45, 7) is 6.90. The maximum atomic E-state index is 11.5. The van der Waals surface area contributed by atoms with Crippen LogP contribution in [0.5, 0.6) is 0 Å². The van der Waals surface area contributed by atoms with Crippen LogP contribution in [0.15, 0.2) is 0 Å². The predicted octanol–water partition coefficient (Wildman–Crippen LogP) is 0.608. The van der Waals surface area contributed by atoms with E-state index < -0.39 is 0 Å². The molecule has 5 heteroatoms. The van der Waals surface area contributed by atoms with Gasteiger partial charge in [-0.25, -0.2) is 0 Å². The van der Waals surface area contributed by atoms with Gasteiger partial charge >= 0.3 is 0 Å². The summed E-state index contributed by atoms with van der Waals surface area (Å²) < 4.78 is 4.84. The molecule has 90 valence electrons. The van der Waals surface area contributed by atoms with E-state index >= 15 is 0 Å². The second-order valence-corrected chi connectivity index (χ2v) is 5.55. The molecule has 0 aromatic carbocycles. The van der Waals surface area contributed by atoms with Crippen molar-refractivity contribution in [1.29, 1.82) is 0 Å². The Morgan fingerprint density at radius 3 is 2.67 bits per heavy atom. The minimum absolute atomic E-state index is 0.0429. The van der Waals surface area contributed by atoms with Crippen LogP contribution in [0.1, 0.15) is 20.8 Å². The number of nitrogens with one attached hydrogen (secondary N) is 1. The third kappa shape index (κ3) is 8.72. The standard InChI is InChI=1S/C10H22N2O2S/c1-8(15-7-10(2,3)11)9(13)12-5-6-14-4/h8H,5-7,11H2,1-4H3,(H,12,13). The third-order valence-electron chi connectivity index (χ3n) is 1.68. The average molecular weight is 234 g/mol. The Bertz CT molecular complexity index is 192. The van der Waals surface area contributed by atoms with Crippen LogP contribution in [0.25, 0.3) is 0 Å². The molecule has 0 saturated carbocycles. The van der Waals surface area contributed by atoms with Gasteiger partial charge in [0, 0.05) is 24.9 Å². The number of ether oxygens (including phenoxy) is 1. The predicted molar refractivity (Wildman–Crippen MR) is 65.1 cm³/mol. The summed E-state index contributed by atoms with van der Waals surface area (Å²) >= 11 is 1.57. The van der Waals surface area contributed by atoms with Crippen LogP contribution in [0.2, 0.25) is 0 Å². The van der Waals surface area contributed by atoms with Gasteiger partial charge in [-0.1, -0.05) is 0 Å². The second kappa shape index (κ2) is 7.09. The number of thioether (sulfide) groups is 1. The van der Waals surface area contributed by atoms with E-state index in [-0.39, 0.29) is 16.7 Å². The Hall–Kier alpha value is -0.260. The quantitative estimate of drug-likeness (QED) is 0.633. The van der Waals surface area contributed by atoms with Crippen LogP contribution in [0.3, 0.4) is 0 Å². The van der Waals surface area contributed by atoms with Gasteiger partial charge in [-0.3, -0.25) is 4.79 Å². The number of carbonyl (C=O) groups is 1. The van der Waals surface area contributed by atoms with Crippen molar-refractivity contribution in [3.8, 4) is 0 Å². The van der Waals surface area contributed by atoms with Gasteiger partial charge in [-0.05, 0) is 20.8 Å². The normalized spacial score (nSPS) is 13.7. The minimum atomic E-state index is -0.230. The van der Waals surface area contributed by atoms with Crippen molar-refractivity contribution in [2.75, 3.05) is 26.0 Å². The molecule has 0 aliphatic heterocycles. The molecule has 0 saturated heterocycles. The molecule has 3 N–H and O–H groups in total. The summed E-state index contributed by atoms with van der Waals surface area (Å²) in [5.74, 6) is 0.813. The SMILES string of the molecule is COCCNC(=O)C(C)SCC(C)(C)N. The third-order valence-corrected chi connectivity index (χ3v) is 3.30. The molecule has 4 nitrogen and oxygen atoms in total. The Morgan fingerprint density at radius 1 is 1.60 bits per heavy atom. The number of amides is 1. The van der Waals surface area contributed by atoms with Crippen LogP contribution in [-0.2, 0) is 9.53 Å². The van der Waals surface area contributed by atoms with Gasteiger partial charge in [0.1, 0.15) is 0 Å². The second-order valence-electron chi connectivity index (χ2n) is 4.23. The molecule has 0 spiro atoms. The zero-order valence-corrected chi connectivity index (χ0v) is 10.8. The lowest BCUT2D eigenvalue weighted by Gasteiger charge is -2.20. The summed E-state index contributed by atoms with van der Waals surface area (Å²) in [5, 5.41) is 2.73. The Labute approximate surface area is 96.3 Å². The van der Waals surface area contributed by atoms with Crippen molar-refractivity contribution in [3.63, 3.8) is 0 Å². The molecule has 0 aromatic heterocycles. The molecule has 0 fully saturated rings. The molecule has 0 aromatic rings. The van der Waals surface area contributed by atoms with E-state index in [1.54, 1.807) is 18.9 Å². The Kier molecular flexibility index (Phi) is 6.96. The largest absolute Gasteiger partial charge is 0.383 e. The summed E-state index contributed by atoms with van der Waals surface area (Å²) in [6, 6.07) is 0. The fourth-order valence-corrected chi connectivity index (χ4v) is 1.75. The van der Waals surface area contributed by atoms with Crippen LogP contribution in [0.4, 0.5) is 0 Å². The zero-order chi connectivity index (χ0) is 11.9. The lowest BCUT2D eigenvalue weighted by molar-refractivity contribution is -0.120. The van der Waals surface area contributed by atoms with E-state index in [9.17, 15) is 4.79 Å². The highest BCUT2D eigenvalue weighted by molar-refractivity contribution is 8.00. The highest BCUT2D eigenvalue weighted by atomic mass is 32.2. The fraction of sp³-hybridized carbons (Fsp3) is 0.900. The molecular weight excluding hydrogens is 212 g/mol. The summed E-state index contributed by atoms with van der Waals surface area (Å²) in [4.78, 5) is 11.5. The first kappa shape index (κ1) is 14.7. The number of methoxy groups -OCH3 is 1. The van der Waals surface area contributed by atoms with Gasteiger partial charge in [0.05, 0.1) is 11.9 Å². The van der Waals surface area contributed by atoms with Crippen LogP contribution >= 0.6 is 11.8 Å². The molecule has 1 amide bonds. The van der Waals surface area contributed by atoms with E-state index in [1.165, 1.54) is 0 Å². The van der Waals surface area contributed by atoms with Gasteiger partial charge in [0.25, 0.3) is 0 Å². The van der Waals surface area contributed by atoms with Crippen LogP contribution < -0.4 is 11.1 Å². The van der Waals surface area contributed by atoms with Gasteiger partial charge < -0.3 is 15.8 Å². The van der Waals surface area contributed by atoms with Crippen molar-refractivity contribution < 1.29 is 9.53 Å². The smallest absolute Gasteiger partial charge is 0.232 e. The van der Waals surface area contributed by atoms with E-state index in [2.05, 4.69) is 5.32 Å². The van der Waals surface area contributed by atoms with Crippen molar-refractivity contribution >= 4 is 17.7 Å². The highest BCUT2D eigenvalue weighted by Gasteiger charge is 2.17. The molecule has 15 heavy (non-hydrogen) atoms. The molecule has 0 heterocycles. The van der Waals surface area contributed by atoms with Crippen molar-refractivity contribution in [1.82, 2.24) is 5.32 Å². The lowest BCUT2D eigenvalue weighted by Crippen LogP contribution is -2.38. The molecule has 0 radical (unpaired) electrons. The highest BCUT2D eigenvalue weighted by Crippen LogP contribution is 2.15. The lowest BCUT2D eigenvalue weighted by atomic mass is 10.1. The number of nitrogens with two attached hydrogens (primary N) is 1. The molecular formula is C10H22N2O2S. The minimum Gasteiger partial charge on any atom is -0.383 e. The Balaban J connectivity index is 3.70. The summed E-state index contributed by atoms with van der Waals surface area (Å²) in [7, 11) is 1.61. The maximum Gasteiger partial charge on any atom is 0.232 e. The zero-order valence-electron chi connectivity index (χ0n) is 10.0. The molecule has 0 aliphatic carbocycles. The van der Waals surface area contributed by atoms with Gasteiger partial charge in [0.2, 0.25) is 5.91 Å². The van der Waals surface area contributed by atoms with E-state index in [0.29, 0.717) is 13.2 Å². The van der Waals surface area contributed by atoms with Crippen LogP contribution in [0, 0.1) is 0 Å². The van der Waals surface area contributed by atoms with Crippen molar-refractivity contribution in [3.05, 3.63) is 0 Å². The topological polar surface area (TPSA) is 64.3 Å². The van der Waals surface area contributed by atoms with E-state index in [4.69, 9.17) is 10.5 Å². The number of hydrogen-bond acceptors (Lipinski definition) is 4. The van der Waals surface area contributed by atoms with Gasteiger partial charge in [0.15, 0.2) is 0 Å². The molecule has 0 rings (SSSR count). The van der Waals surface area contributed by atoms with Gasteiger partial charge in [-0.15, -0.1) is 11.8 Å². The van der Waals surface area contributed by atoms with Crippen molar-refractivity contribution in [2.24, 2.45) is 5.73 Å². The monoisotopic (exact) mass is 234 g/mol. The van der Waals surface area contributed by atoms with Crippen molar-refractivity contribution in [2.45, 2.75) is 31.6 Å². The molecule has 0 bridgehead atoms. The number of carbonyl (C=O) groups excluding carboxylic acids is 1. The maximum absolute atomic E-state index is 11.5. The summed E-state index contributed by atoms with van der Waals surface area (Å²) in [6.07, 6.45) is 0. The Morgan fingerprint density at radius 2 is 2.20 bits per heavy atom. The van der Waals surface area contributed by atoms with Gasteiger partial charge in [-0.2, -0.15) is 0 Å². The average Bonchev–Trinajstić information content (AvgIpc) is 2.13. The number of hydrogen-bond donors (Lipinski definition) is 2. The first-order chi connectivity index (χ1) is 6.87. The first-order valence-electron chi connectivity index (χ1n) is 5.04. The van der Waals surface area contributed by atoms with Crippen LogP contribution in [-0.4, -0.2) is 42.7 Å². The number of rotatable bonds is 7. The molecule has 1 unspecified atom stereocenters. The summed E-state index contributed by atoms with van der Waals surface area (Å²) in [5.41, 5.74) is 5.60. The molecule has 1 atom stereocenters. The first-order valence-corrected chi connectivity index (χ1v) is 6.09. The molecule has 0 aliphatic rings. The van der Waals surface area contributed by atoms with E-state index in [1.807, 2.05) is 20.8 Å². The fourth-order valence-electron chi connectivity index (χ4n) is 0.835. The van der Waals surface area contributed by atoms with E-state index in [0.717, 1.165) is 5.75 Å².